The Labute approximate surface area is 198 Å². The second-order valence-corrected chi connectivity index (χ2v) is 9.78. The minimum atomic E-state index is -0.707. The second kappa shape index (κ2) is 10.5. The molecule has 0 N–H and O–H groups in total. The Hall–Kier alpha value is -2.66. The molecule has 0 bridgehead atoms. The summed E-state index contributed by atoms with van der Waals surface area (Å²) in [6.07, 6.45) is 1.77. The van der Waals surface area contributed by atoms with E-state index in [9.17, 15) is 4.79 Å². The van der Waals surface area contributed by atoms with Gasteiger partial charge in [0.05, 0.1) is 23.9 Å². The SMILES string of the molecule is CCC[C@H](OC(=O)N1C(C)(C)COC1(C)C)[C@@H](CC)N=C(c1ccccc1)c1ccccc1. The number of carbonyl (C=O) groups is 1. The molecule has 1 aliphatic rings. The molecule has 33 heavy (non-hydrogen) atoms. The van der Waals surface area contributed by atoms with Crippen LogP contribution in [-0.4, -0.2) is 46.7 Å². The number of hydrogen-bond acceptors (Lipinski definition) is 4. The van der Waals surface area contributed by atoms with Gasteiger partial charge in [-0.15, -0.1) is 0 Å². The van der Waals surface area contributed by atoms with E-state index >= 15 is 0 Å². The Morgan fingerprint density at radius 2 is 1.55 bits per heavy atom. The maximum atomic E-state index is 13.4. The van der Waals surface area contributed by atoms with Gasteiger partial charge in [0.1, 0.15) is 11.8 Å². The quantitative estimate of drug-likeness (QED) is 0.434. The molecule has 0 aromatic heterocycles. The molecule has 2 aromatic carbocycles. The van der Waals surface area contributed by atoms with Gasteiger partial charge in [-0.2, -0.15) is 0 Å². The van der Waals surface area contributed by atoms with Gasteiger partial charge in [-0.25, -0.2) is 4.79 Å². The highest BCUT2D eigenvalue weighted by molar-refractivity contribution is 6.13. The molecule has 1 heterocycles. The molecule has 1 fully saturated rings. The molecule has 2 aromatic rings. The molecular formula is C28H38N2O3. The largest absolute Gasteiger partial charge is 0.444 e. The molecule has 0 spiro atoms. The molecule has 0 radical (unpaired) electrons. The third-order valence-electron chi connectivity index (χ3n) is 6.17. The molecule has 1 amide bonds. The molecule has 0 saturated carbocycles. The van der Waals surface area contributed by atoms with E-state index in [0.717, 1.165) is 36.1 Å². The number of ether oxygens (including phenoxy) is 2. The van der Waals surface area contributed by atoms with Crippen LogP contribution in [0.25, 0.3) is 0 Å². The minimum Gasteiger partial charge on any atom is -0.444 e. The van der Waals surface area contributed by atoms with Gasteiger partial charge in [0.25, 0.3) is 0 Å². The van der Waals surface area contributed by atoms with Gasteiger partial charge >= 0.3 is 6.09 Å². The Morgan fingerprint density at radius 3 is 1.97 bits per heavy atom. The van der Waals surface area contributed by atoms with Crippen molar-refractivity contribution >= 4 is 11.8 Å². The summed E-state index contributed by atoms with van der Waals surface area (Å²) in [5.41, 5.74) is 1.89. The highest BCUT2D eigenvalue weighted by atomic mass is 16.6. The zero-order valence-electron chi connectivity index (χ0n) is 20.9. The van der Waals surface area contributed by atoms with Crippen LogP contribution in [0.5, 0.6) is 0 Å². The Kier molecular flexibility index (Phi) is 7.96. The fourth-order valence-corrected chi connectivity index (χ4v) is 4.59. The van der Waals surface area contributed by atoms with Crippen molar-refractivity contribution in [1.29, 1.82) is 0 Å². The zero-order valence-corrected chi connectivity index (χ0v) is 20.9. The summed E-state index contributed by atoms with van der Waals surface area (Å²) in [4.78, 5) is 20.3. The predicted molar refractivity (Wildman–Crippen MR) is 134 cm³/mol. The third kappa shape index (κ3) is 5.83. The number of benzene rings is 2. The summed E-state index contributed by atoms with van der Waals surface area (Å²) >= 11 is 0. The first-order valence-electron chi connectivity index (χ1n) is 12.0. The Balaban J connectivity index is 1.94. The summed E-state index contributed by atoms with van der Waals surface area (Å²) in [5, 5.41) is 0. The van der Waals surface area contributed by atoms with Crippen LogP contribution < -0.4 is 0 Å². The van der Waals surface area contributed by atoms with Crippen molar-refractivity contribution < 1.29 is 14.3 Å². The molecule has 5 nitrogen and oxygen atoms in total. The maximum absolute atomic E-state index is 13.4. The van der Waals surface area contributed by atoms with Crippen molar-refractivity contribution in [3.05, 3.63) is 71.8 Å². The smallest absolute Gasteiger partial charge is 0.412 e. The predicted octanol–water partition coefficient (Wildman–Crippen LogP) is 6.45. The summed E-state index contributed by atoms with van der Waals surface area (Å²) in [6, 6.07) is 20.3. The van der Waals surface area contributed by atoms with E-state index in [-0.39, 0.29) is 18.2 Å². The molecular weight excluding hydrogens is 412 g/mol. The summed E-state index contributed by atoms with van der Waals surface area (Å²) in [7, 11) is 0. The van der Waals surface area contributed by atoms with Gasteiger partial charge in [-0.1, -0.05) is 80.9 Å². The molecule has 0 aliphatic carbocycles. The van der Waals surface area contributed by atoms with Crippen LogP contribution in [-0.2, 0) is 9.47 Å². The van der Waals surface area contributed by atoms with Gasteiger partial charge in [0, 0.05) is 11.1 Å². The molecule has 1 saturated heterocycles. The minimum absolute atomic E-state index is 0.154. The third-order valence-corrected chi connectivity index (χ3v) is 6.17. The lowest BCUT2D eigenvalue weighted by molar-refractivity contribution is -0.0609. The van der Waals surface area contributed by atoms with Crippen LogP contribution in [0.1, 0.15) is 71.9 Å². The summed E-state index contributed by atoms with van der Waals surface area (Å²) < 4.78 is 12.1. The summed E-state index contributed by atoms with van der Waals surface area (Å²) in [6.45, 7) is 12.5. The van der Waals surface area contributed by atoms with Crippen molar-refractivity contribution in [3.8, 4) is 0 Å². The van der Waals surface area contributed by atoms with Crippen LogP contribution >= 0.6 is 0 Å². The first-order valence-corrected chi connectivity index (χ1v) is 12.0. The molecule has 1 aliphatic heterocycles. The molecule has 3 rings (SSSR count). The molecule has 5 heteroatoms. The highest BCUT2D eigenvalue weighted by Gasteiger charge is 2.50. The van der Waals surface area contributed by atoms with E-state index in [1.807, 2.05) is 64.1 Å². The lowest BCUT2D eigenvalue weighted by atomic mass is 9.99. The Bertz CT molecular complexity index is 881. The zero-order chi connectivity index (χ0) is 24.1. The van der Waals surface area contributed by atoms with Crippen molar-refractivity contribution in [3.63, 3.8) is 0 Å². The van der Waals surface area contributed by atoms with E-state index in [2.05, 4.69) is 38.1 Å². The average molecular weight is 451 g/mol. The van der Waals surface area contributed by atoms with Crippen LogP contribution in [0, 0.1) is 0 Å². The first kappa shape index (κ1) is 25.0. The number of amides is 1. The number of rotatable bonds is 8. The van der Waals surface area contributed by atoms with E-state index in [1.165, 1.54) is 0 Å². The highest BCUT2D eigenvalue weighted by Crippen LogP contribution is 2.35. The van der Waals surface area contributed by atoms with Gasteiger partial charge < -0.3 is 9.47 Å². The maximum Gasteiger partial charge on any atom is 0.412 e. The fourth-order valence-electron chi connectivity index (χ4n) is 4.59. The van der Waals surface area contributed by atoms with Crippen LogP contribution in [0.15, 0.2) is 65.7 Å². The monoisotopic (exact) mass is 450 g/mol. The van der Waals surface area contributed by atoms with Gasteiger partial charge in [-0.05, 0) is 40.5 Å². The van der Waals surface area contributed by atoms with Crippen molar-refractivity contribution in [2.24, 2.45) is 4.99 Å². The topological polar surface area (TPSA) is 51.1 Å². The van der Waals surface area contributed by atoms with Crippen molar-refractivity contribution in [2.75, 3.05) is 6.61 Å². The second-order valence-electron chi connectivity index (χ2n) is 9.78. The number of hydrogen-bond donors (Lipinski definition) is 0. The lowest BCUT2D eigenvalue weighted by Crippen LogP contribution is -2.54. The van der Waals surface area contributed by atoms with Gasteiger partial charge in [0.2, 0.25) is 0 Å². The van der Waals surface area contributed by atoms with E-state index in [0.29, 0.717) is 6.61 Å². The summed E-state index contributed by atoms with van der Waals surface area (Å²) in [5.74, 6) is 0. The molecule has 178 valence electrons. The number of aliphatic imine (C=N–C) groups is 1. The van der Waals surface area contributed by atoms with Crippen LogP contribution in [0.4, 0.5) is 4.79 Å². The average Bonchev–Trinajstić information content (AvgIpc) is 3.02. The van der Waals surface area contributed by atoms with Crippen molar-refractivity contribution in [2.45, 2.75) is 84.2 Å². The van der Waals surface area contributed by atoms with E-state index in [1.54, 1.807) is 4.90 Å². The number of carbonyl (C=O) groups excluding carboxylic acids is 1. The van der Waals surface area contributed by atoms with Crippen LogP contribution in [0.2, 0.25) is 0 Å². The molecule has 0 unspecified atom stereocenters. The van der Waals surface area contributed by atoms with Crippen molar-refractivity contribution in [1.82, 2.24) is 4.90 Å². The lowest BCUT2D eigenvalue weighted by Gasteiger charge is -2.38. The van der Waals surface area contributed by atoms with Gasteiger partial charge in [0.15, 0.2) is 0 Å². The van der Waals surface area contributed by atoms with E-state index < -0.39 is 11.3 Å². The standard InChI is InChI=1S/C28H38N2O3/c1-7-15-24(33-26(31)30-27(3,4)20-32-28(30,5)6)23(8-2)29-25(21-16-11-9-12-17-21)22-18-13-10-14-19-22/h9-14,16-19,23-24H,7-8,15,20H2,1-6H3/t23-,24+/m1/s1. The first-order chi connectivity index (χ1) is 15.7. The fraction of sp³-hybridized carbons (Fsp3) is 0.500. The van der Waals surface area contributed by atoms with Gasteiger partial charge in [-0.3, -0.25) is 9.89 Å². The number of nitrogens with zero attached hydrogens (tertiary/aromatic N) is 2. The normalized spacial score (nSPS) is 18.4. The van der Waals surface area contributed by atoms with E-state index in [4.69, 9.17) is 14.5 Å². The molecule has 2 atom stereocenters. The van der Waals surface area contributed by atoms with Crippen LogP contribution in [0.3, 0.4) is 0 Å². The Morgan fingerprint density at radius 1 is 1.00 bits per heavy atom.